The Bertz CT molecular complexity index is 462. The van der Waals surface area contributed by atoms with Crippen molar-refractivity contribution in [1.82, 2.24) is 5.32 Å². The lowest BCUT2D eigenvalue weighted by Gasteiger charge is -2.39. The smallest absolute Gasteiger partial charge is 0.124 e. The third kappa shape index (κ3) is 2.71. The maximum absolute atomic E-state index is 6.35. The molecule has 110 valence electrons. The molecular formula is C18H27NO. The summed E-state index contributed by atoms with van der Waals surface area (Å²) in [4.78, 5) is 0. The van der Waals surface area contributed by atoms with Crippen molar-refractivity contribution < 1.29 is 4.74 Å². The summed E-state index contributed by atoms with van der Waals surface area (Å²) >= 11 is 0. The first-order valence-corrected chi connectivity index (χ1v) is 8.12. The highest BCUT2D eigenvalue weighted by Crippen LogP contribution is 2.41. The molecule has 2 unspecified atom stereocenters. The van der Waals surface area contributed by atoms with E-state index in [1.54, 1.807) is 0 Å². The zero-order valence-corrected chi connectivity index (χ0v) is 13.0. The molecular weight excluding hydrogens is 246 g/mol. The Labute approximate surface area is 122 Å². The Morgan fingerprint density at radius 2 is 1.90 bits per heavy atom. The van der Waals surface area contributed by atoms with E-state index in [0.29, 0.717) is 12.1 Å². The summed E-state index contributed by atoms with van der Waals surface area (Å²) in [5, 5.41) is 3.49. The van der Waals surface area contributed by atoms with Crippen LogP contribution in [0.4, 0.5) is 0 Å². The van der Waals surface area contributed by atoms with Crippen molar-refractivity contribution in [2.24, 2.45) is 11.8 Å². The molecule has 1 aromatic carbocycles. The van der Waals surface area contributed by atoms with E-state index < -0.39 is 0 Å². The summed E-state index contributed by atoms with van der Waals surface area (Å²) in [6, 6.07) is 7.04. The largest absolute Gasteiger partial charge is 0.490 e. The van der Waals surface area contributed by atoms with Gasteiger partial charge in [-0.05, 0) is 44.7 Å². The van der Waals surface area contributed by atoms with Crippen molar-refractivity contribution >= 4 is 0 Å². The minimum absolute atomic E-state index is 0.398. The highest BCUT2D eigenvalue weighted by Gasteiger charge is 2.34. The molecule has 0 aromatic heterocycles. The molecule has 0 amide bonds. The fraction of sp³-hybridized carbons (Fsp3) is 0.667. The van der Waals surface area contributed by atoms with Crippen LogP contribution < -0.4 is 10.1 Å². The maximum Gasteiger partial charge on any atom is 0.124 e. The van der Waals surface area contributed by atoms with Crippen molar-refractivity contribution in [3.63, 3.8) is 0 Å². The third-order valence-corrected chi connectivity index (χ3v) is 5.22. The van der Waals surface area contributed by atoms with Gasteiger partial charge in [0.2, 0.25) is 0 Å². The number of aryl methyl sites for hydroxylation is 1. The Morgan fingerprint density at radius 1 is 1.15 bits per heavy atom. The summed E-state index contributed by atoms with van der Waals surface area (Å²) in [7, 11) is 2.07. The van der Waals surface area contributed by atoms with E-state index in [9.17, 15) is 0 Å². The predicted molar refractivity (Wildman–Crippen MR) is 83.1 cm³/mol. The van der Waals surface area contributed by atoms with E-state index >= 15 is 0 Å². The summed E-state index contributed by atoms with van der Waals surface area (Å²) in [6.45, 7) is 4.54. The second kappa shape index (κ2) is 5.77. The minimum atomic E-state index is 0.398. The van der Waals surface area contributed by atoms with Crippen LogP contribution in [0, 0.1) is 18.8 Å². The van der Waals surface area contributed by atoms with E-state index in [4.69, 9.17) is 4.74 Å². The second-order valence-corrected chi connectivity index (χ2v) is 6.79. The molecule has 1 aliphatic heterocycles. The quantitative estimate of drug-likeness (QED) is 0.870. The van der Waals surface area contributed by atoms with Gasteiger partial charge in [-0.15, -0.1) is 0 Å². The first-order valence-electron chi connectivity index (χ1n) is 8.12. The van der Waals surface area contributed by atoms with Gasteiger partial charge in [-0.25, -0.2) is 0 Å². The molecule has 2 nitrogen and oxygen atoms in total. The highest BCUT2D eigenvalue weighted by molar-refractivity contribution is 5.41. The van der Waals surface area contributed by atoms with Gasteiger partial charge < -0.3 is 10.1 Å². The Hall–Kier alpha value is -1.02. The molecule has 0 spiro atoms. The average Bonchev–Trinajstić information content (AvgIpc) is 2.47. The molecule has 1 aromatic rings. The first-order chi connectivity index (χ1) is 9.67. The van der Waals surface area contributed by atoms with Crippen LogP contribution in [0.2, 0.25) is 0 Å². The molecule has 0 bridgehead atoms. The van der Waals surface area contributed by atoms with Crippen LogP contribution in [0.15, 0.2) is 18.2 Å². The van der Waals surface area contributed by atoms with E-state index in [0.717, 1.165) is 24.0 Å². The SMILES string of the molecule is CNC1CC(C2CCC(C)CC2)Oc2ccc(C)cc21. The van der Waals surface area contributed by atoms with Crippen LogP contribution in [-0.2, 0) is 0 Å². The van der Waals surface area contributed by atoms with E-state index in [-0.39, 0.29) is 0 Å². The molecule has 3 rings (SSSR count). The van der Waals surface area contributed by atoms with E-state index in [2.05, 4.69) is 44.4 Å². The summed E-state index contributed by atoms with van der Waals surface area (Å²) in [5.41, 5.74) is 2.66. The lowest BCUT2D eigenvalue weighted by atomic mass is 9.77. The molecule has 2 aliphatic rings. The number of benzene rings is 1. The van der Waals surface area contributed by atoms with Gasteiger partial charge >= 0.3 is 0 Å². The Kier molecular flexibility index (Phi) is 4.02. The van der Waals surface area contributed by atoms with E-state index in [1.165, 1.54) is 36.8 Å². The molecule has 1 heterocycles. The van der Waals surface area contributed by atoms with Crippen molar-refractivity contribution in [2.75, 3.05) is 7.05 Å². The Balaban J connectivity index is 1.78. The molecule has 0 radical (unpaired) electrons. The van der Waals surface area contributed by atoms with Gasteiger partial charge in [0.05, 0.1) is 0 Å². The van der Waals surface area contributed by atoms with Crippen molar-refractivity contribution in [3.8, 4) is 5.75 Å². The summed E-state index contributed by atoms with van der Waals surface area (Å²) in [5.74, 6) is 2.76. The number of nitrogens with one attached hydrogen (secondary N) is 1. The minimum Gasteiger partial charge on any atom is -0.490 e. The van der Waals surface area contributed by atoms with Crippen LogP contribution in [0.3, 0.4) is 0 Å². The van der Waals surface area contributed by atoms with Gasteiger partial charge in [0, 0.05) is 18.0 Å². The van der Waals surface area contributed by atoms with Crippen LogP contribution in [0.25, 0.3) is 0 Å². The fourth-order valence-corrected chi connectivity index (χ4v) is 3.84. The lowest BCUT2D eigenvalue weighted by molar-refractivity contribution is 0.0662. The summed E-state index contributed by atoms with van der Waals surface area (Å²) < 4.78 is 6.35. The lowest BCUT2D eigenvalue weighted by Crippen LogP contribution is -2.37. The summed E-state index contributed by atoms with van der Waals surface area (Å²) in [6.07, 6.45) is 6.93. The van der Waals surface area contributed by atoms with Crippen LogP contribution in [-0.4, -0.2) is 13.2 Å². The number of ether oxygens (including phenoxy) is 1. The number of rotatable bonds is 2. The second-order valence-electron chi connectivity index (χ2n) is 6.79. The van der Waals surface area contributed by atoms with Crippen molar-refractivity contribution in [2.45, 2.75) is 58.1 Å². The molecule has 1 N–H and O–H groups in total. The molecule has 2 atom stereocenters. The Morgan fingerprint density at radius 3 is 2.60 bits per heavy atom. The molecule has 0 saturated heterocycles. The number of fused-ring (bicyclic) bond motifs is 1. The fourth-order valence-electron chi connectivity index (χ4n) is 3.84. The zero-order valence-electron chi connectivity index (χ0n) is 13.0. The number of hydrogen-bond donors (Lipinski definition) is 1. The van der Waals surface area contributed by atoms with Gasteiger partial charge in [0.1, 0.15) is 11.9 Å². The van der Waals surface area contributed by atoms with Crippen molar-refractivity contribution in [3.05, 3.63) is 29.3 Å². The first kappa shape index (κ1) is 13.9. The van der Waals surface area contributed by atoms with Gasteiger partial charge in [-0.3, -0.25) is 0 Å². The molecule has 2 heteroatoms. The molecule has 1 saturated carbocycles. The van der Waals surface area contributed by atoms with Crippen LogP contribution in [0.1, 0.15) is 56.2 Å². The topological polar surface area (TPSA) is 21.3 Å². The van der Waals surface area contributed by atoms with Gasteiger partial charge in [-0.2, -0.15) is 0 Å². The molecule has 1 fully saturated rings. The predicted octanol–water partition coefficient (Wildman–Crippen LogP) is 4.23. The standard InChI is InChI=1S/C18H27NO/c1-12-4-7-14(8-5-12)18-11-16(19-3)15-10-13(2)6-9-17(15)20-18/h6,9-10,12,14,16,18-19H,4-5,7-8,11H2,1-3H3. The highest BCUT2D eigenvalue weighted by atomic mass is 16.5. The van der Waals surface area contributed by atoms with Crippen molar-refractivity contribution in [1.29, 1.82) is 0 Å². The monoisotopic (exact) mass is 273 g/mol. The van der Waals surface area contributed by atoms with Crippen LogP contribution >= 0.6 is 0 Å². The molecule has 1 aliphatic carbocycles. The zero-order chi connectivity index (χ0) is 14.1. The van der Waals surface area contributed by atoms with Gasteiger partial charge in [0.15, 0.2) is 0 Å². The van der Waals surface area contributed by atoms with Gasteiger partial charge in [-0.1, -0.05) is 37.5 Å². The van der Waals surface area contributed by atoms with Gasteiger partial charge in [0.25, 0.3) is 0 Å². The number of hydrogen-bond acceptors (Lipinski definition) is 2. The normalized spacial score (nSPS) is 33.4. The van der Waals surface area contributed by atoms with E-state index in [1.807, 2.05) is 0 Å². The average molecular weight is 273 g/mol. The maximum atomic E-state index is 6.35. The molecule has 20 heavy (non-hydrogen) atoms. The van der Waals surface area contributed by atoms with Crippen LogP contribution in [0.5, 0.6) is 5.75 Å². The third-order valence-electron chi connectivity index (χ3n) is 5.22.